The molecule has 0 amide bonds. The second-order valence-corrected chi connectivity index (χ2v) is 5.24. The fraction of sp³-hybridized carbons (Fsp3) is 0.167. The van der Waals surface area contributed by atoms with Crippen molar-refractivity contribution in [1.82, 2.24) is 0 Å². The van der Waals surface area contributed by atoms with Crippen molar-refractivity contribution in [2.75, 3.05) is 0 Å². The summed E-state index contributed by atoms with van der Waals surface area (Å²) < 4.78 is 27.1. The topological polar surface area (TPSA) is 0 Å². The Morgan fingerprint density at radius 1 is 1.25 bits per heavy atom. The van der Waals surface area contributed by atoms with Crippen LogP contribution in [0.5, 0.6) is 0 Å². The van der Waals surface area contributed by atoms with Gasteiger partial charge in [0, 0.05) is 5.56 Å². The van der Waals surface area contributed by atoms with E-state index in [4.69, 9.17) is 0 Å². The molecule has 0 saturated carbocycles. The van der Waals surface area contributed by atoms with Crippen molar-refractivity contribution in [2.45, 2.75) is 11.8 Å². The van der Waals surface area contributed by atoms with Crippen LogP contribution in [0.2, 0.25) is 0 Å². The summed E-state index contributed by atoms with van der Waals surface area (Å²) in [5, 5.41) is 3.82. The molecule has 1 aromatic carbocycles. The average Bonchev–Trinajstić information content (AvgIpc) is 2.75. The highest BCUT2D eigenvalue weighted by Crippen LogP contribution is 2.34. The first-order valence-electron chi connectivity index (χ1n) is 4.71. The zero-order chi connectivity index (χ0) is 11.7. The number of rotatable bonds is 2. The normalized spacial score (nSPS) is 12.8. The van der Waals surface area contributed by atoms with E-state index in [-0.39, 0.29) is 16.5 Å². The van der Waals surface area contributed by atoms with Crippen LogP contribution in [0, 0.1) is 18.6 Å². The van der Waals surface area contributed by atoms with E-state index in [1.165, 1.54) is 23.5 Å². The van der Waals surface area contributed by atoms with E-state index >= 15 is 0 Å². The monoisotopic (exact) mass is 302 g/mol. The Bertz CT molecular complexity index is 494. The van der Waals surface area contributed by atoms with Crippen molar-refractivity contribution in [3.8, 4) is 0 Å². The number of aryl methyl sites for hydroxylation is 1. The first-order chi connectivity index (χ1) is 7.59. The Hall–Kier alpha value is -0.740. The summed E-state index contributed by atoms with van der Waals surface area (Å²) >= 11 is 4.91. The molecule has 0 aliphatic heterocycles. The number of halogens is 3. The number of hydrogen-bond donors (Lipinski definition) is 0. The minimum Gasteiger partial charge on any atom is -0.207 e. The van der Waals surface area contributed by atoms with Crippen LogP contribution in [0.15, 0.2) is 29.0 Å². The summed E-state index contributed by atoms with van der Waals surface area (Å²) in [5.41, 5.74) is 1.60. The average molecular weight is 303 g/mol. The summed E-state index contributed by atoms with van der Waals surface area (Å²) in [6.45, 7) is 1.55. The van der Waals surface area contributed by atoms with Gasteiger partial charge in [-0.05, 0) is 47.0 Å². The first-order valence-corrected chi connectivity index (χ1v) is 6.57. The fourth-order valence-corrected chi connectivity index (χ4v) is 2.95. The zero-order valence-electron chi connectivity index (χ0n) is 8.51. The van der Waals surface area contributed by atoms with E-state index in [0.717, 1.165) is 5.56 Å². The van der Waals surface area contributed by atoms with Crippen molar-refractivity contribution < 1.29 is 8.78 Å². The van der Waals surface area contributed by atoms with E-state index in [0.29, 0.717) is 11.1 Å². The molecule has 2 rings (SSSR count). The van der Waals surface area contributed by atoms with Crippen LogP contribution in [0.3, 0.4) is 0 Å². The third kappa shape index (κ3) is 2.18. The van der Waals surface area contributed by atoms with E-state index in [1.807, 2.05) is 16.8 Å². The molecule has 1 atom stereocenters. The summed E-state index contributed by atoms with van der Waals surface area (Å²) in [5.74, 6) is -0.761. The number of thiophene rings is 1. The zero-order valence-corrected chi connectivity index (χ0v) is 10.9. The van der Waals surface area contributed by atoms with Crippen LogP contribution < -0.4 is 0 Å². The molecule has 1 unspecified atom stereocenters. The molecule has 4 heteroatoms. The molecular weight excluding hydrogens is 294 g/mol. The Labute approximate surface area is 105 Å². The summed E-state index contributed by atoms with van der Waals surface area (Å²) in [4.78, 5) is -0.297. The van der Waals surface area contributed by atoms with Gasteiger partial charge >= 0.3 is 0 Å². The Balaban J connectivity index is 2.44. The van der Waals surface area contributed by atoms with Crippen LogP contribution in [-0.4, -0.2) is 0 Å². The molecular formula is C12H9BrF2S. The maximum atomic E-state index is 13.7. The molecule has 2 aromatic rings. The lowest BCUT2D eigenvalue weighted by atomic mass is 10.0. The van der Waals surface area contributed by atoms with E-state index in [2.05, 4.69) is 15.9 Å². The van der Waals surface area contributed by atoms with Crippen molar-refractivity contribution in [3.63, 3.8) is 0 Å². The summed E-state index contributed by atoms with van der Waals surface area (Å²) in [7, 11) is 0. The van der Waals surface area contributed by atoms with Gasteiger partial charge in [0.05, 0.1) is 4.83 Å². The SMILES string of the molecule is Cc1cc(F)c(C(Br)c2ccsc2)cc1F. The highest BCUT2D eigenvalue weighted by Gasteiger charge is 2.17. The minimum absolute atomic E-state index is 0.297. The molecule has 0 aliphatic rings. The van der Waals surface area contributed by atoms with Gasteiger partial charge < -0.3 is 0 Å². The molecule has 0 aliphatic carbocycles. The van der Waals surface area contributed by atoms with E-state index < -0.39 is 0 Å². The third-order valence-corrected chi connectivity index (χ3v) is 4.11. The van der Waals surface area contributed by atoms with Crippen molar-refractivity contribution in [3.05, 3.63) is 57.3 Å². The van der Waals surface area contributed by atoms with Crippen molar-refractivity contribution in [2.24, 2.45) is 0 Å². The summed E-state index contributed by atoms with van der Waals surface area (Å²) in [6, 6.07) is 4.37. The summed E-state index contributed by atoms with van der Waals surface area (Å²) in [6.07, 6.45) is 0. The Morgan fingerprint density at radius 2 is 2.00 bits per heavy atom. The lowest BCUT2D eigenvalue weighted by Crippen LogP contribution is -1.98. The van der Waals surface area contributed by atoms with Gasteiger partial charge in [-0.25, -0.2) is 8.78 Å². The molecule has 0 fully saturated rings. The van der Waals surface area contributed by atoms with Crippen LogP contribution >= 0.6 is 27.3 Å². The smallest absolute Gasteiger partial charge is 0.128 e. The van der Waals surface area contributed by atoms with Crippen LogP contribution in [0.4, 0.5) is 8.78 Å². The fourth-order valence-electron chi connectivity index (χ4n) is 1.45. The number of hydrogen-bond acceptors (Lipinski definition) is 1. The molecule has 0 N–H and O–H groups in total. The third-order valence-electron chi connectivity index (χ3n) is 2.39. The van der Waals surface area contributed by atoms with Gasteiger partial charge in [0.25, 0.3) is 0 Å². The quantitative estimate of drug-likeness (QED) is 0.698. The Kier molecular flexibility index (Phi) is 3.40. The van der Waals surface area contributed by atoms with E-state index in [1.54, 1.807) is 6.92 Å². The number of benzene rings is 1. The van der Waals surface area contributed by atoms with Gasteiger partial charge in [0.15, 0.2) is 0 Å². The Morgan fingerprint density at radius 3 is 2.62 bits per heavy atom. The van der Waals surface area contributed by atoms with E-state index in [9.17, 15) is 8.78 Å². The van der Waals surface area contributed by atoms with Crippen molar-refractivity contribution in [1.29, 1.82) is 0 Å². The molecule has 0 spiro atoms. The molecule has 0 bridgehead atoms. The second-order valence-electron chi connectivity index (χ2n) is 3.54. The molecule has 0 radical (unpaired) electrons. The van der Waals surface area contributed by atoms with Gasteiger partial charge in [-0.1, -0.05) is 15.9 Å². The molecule has 16 heavy (non-hydrogen) atoms. The highest BCUT2D eigenvalue weighted by molar-refractivity contribution is 9.09. The predicted molar refractivity (Wildman–Crippen MR) is 66.2 cm³/mol. The van der Waals surface area contributed by atoms with Crippen LogP contribution in [0.1, 0.15) is 21.5 Å². The van der Waals surface area contributed by atoms with Crippen molar-refractivity contribution >= 4 is 27.3 Å². The minimum atomic E-state index is -0.382. The molecule has 1 heterocycles. The van der Waals surface area contributed by atoms with Gasteiger partial charge in [0.2, 0.25) is 0 Å². The molecule has 1 aromatic heterocycles. The van der Waals surface area contributed by atoms with Gasteiger partial charge in [-0.2, -0.15) is 11.3 Å². The molecule has 0 saturated heterocycles. The van der Waals surface area contributed by atoms with Gasteiger partial charge in [-0.3, -0.25) is 0 Å². The maximum absolute atomic E-state index is 13.7. The lowest BCUT2D eigenvalue weighted by molar-refractivity contribution is 0.581. The van der Waals surface area contributed by atoms with Crippen LogP contribution in [-0.2, 0) is 0 Å². The van der Waals surface area contributed by atoms with Crippen LogP contribution in [0.25, 0.3) is 0 Å². The molecule has 0 nitrogen and oxygen atoms in total. The molecule has 84 valence electrons. The predicted octanol–water partition coefficient (Wildman–Crippen LogP) is 4.82. The highest BCUT2D eigenvalue weighted by atomic mass is 79.9. The van der Waals surface area contributed by atoms with Gasteiger partial charge in [0.1, 0.15) is 11.6 Å². The van der Waals surface area contributed by atoms with Gasteiger partial charge in [-0.15, -0.1) is 0 Å². The first kappa shape index (κ1) is 11.7. The lowest BCUT2D eigenvalue weighted by Gasteiger charge is -2.11. The second kappa shape index (κ2) is 4.63. The standard InChI is InChI=1S/C12H9BrF2S/c1-7-4-11(15)9(5-10(7)14)12(13)8-2-3-16-6-8/h2-6,12H,1H3. The largest absolute Gasteiger partial charge is 0.207 e. The number of alkyl halides is 1. The maximum Gasteiger partial charge on any atom is 0.128 e.